The fraction of sp³-hybridized carbons (Fsp3) is 0.600. The maximum Gasteiger partial charge on any atom is 0.315 e. The van der Waals surface area contributed by atoms with Crippen molar-refractivity contribution in [3.05, 3.63) is 12.7 Å². The van der Waals surface area contributed by atoms with Gasteiger partial charge in [0.1, 0.15) is 0 Å². The lowest BCUT2D eigenvalue weighted by Crippen LogP contribution is -2.44. The molecule has 0 radical (unpaired) electrons. The average Bonchev–Trinajstić information content (AvgIpc) is 2.22. The van der Waals surface area contributed by atoms with Crippen LogP contribution in [-0.4, -0.2) is 30.2 Å². The molecular formula is C10H18N2O3. The van der Waals surface area contributed by atoms with Gasteiger partial charge in [-0.15, -0.1) is 6.58 Å². The van der Waals surface area contributed by atoms with Crippen LogP contribution in [0.1, 0.15) is 20.3 Å². The van der Waals surface area contributed by atoms with Crippen molar-refractivity contribution in [3.8, 4) is 0 Å². The topological polar surface area (TPSA) is 78.4 Å². The van der Waals surface area contributed by atoms with Gasteiger partial charge in [0.2, 0.25) is 0 Å². The molecule has 0 fully saturated rings. The Labute approximate surface area is 89.6 Å². The Kier molecular flexibility index (Phi) is 5.44. The van der Waals surface area contributed by atoms with Gasteiger partial charge in [0, 0.05) is 13.1 Å². The van der Waals surface area contributed by atoms with E-state index in [2.05, 4.69) is 17.2 Å². The second-order valence-corrected chi connectivity index (χ2v) is 3.57. The molecule has 0 heterocycles. The lowest BCUT2D eigenvalue weighted by Gasteiger charge is -2.23. The predicted octanol–water partition coefficient (Wildman–Crippen LogP) is 0.972. The highest BCUT2D eigenvalue weighted by molar-refractivity contribution is 5.77. The summed E-state index contributed by atoms with van der Waals surface area (Å²) in [5, 5.41) is 14.0. The summed E-state index contributed by atoms with van der Waals surface area (Å²) in [4.78, 5) is 22.0. The van der Waals surface area contributed by atoms with Crippen LogP contribution >= 0.6 is 0 Å². The van der Waals surface area contributed by atoms with Crippen molar-refractivity contribution in [2.75, 3.05) is 13.1 Å². The molecule has 0 aliphatic rings. The highest BCUT2D eigenvalue weighted by Gasteiger charge is 2.31. The first kappa shape index (κ1) is 13.5. The first-order chi connectivity index (χ1) is 6.96. The first-order valence-corrected chi connectivity index (χ1v) is 4.82. The fourth-order valence-electron chi connectivity index (χ4n) is 0.855. The monoisotopic (exact) mass is 214 g/mol. The van der Waals surface area contributed by atoms with Crippen LogP contribution < -0.4 is 10.6 Å². The Hall–Kier alpha value is -1.52. The summed E-state index contributed by atoms with van der Waals surface area (Å²) in [5.74, 6) is -0.908. The van der Waals surface area contributed by atoms with E-state index in [1.807, 2.05) is 0 Å². The Bertz CT molecular complexity index is 253. The third-order valence-corrected chi connectivity index (χ3v) is 2.34. The van der Waals surface area contributed by atoms with Crippen LogP contribution in [0.25, 0.3) is 0 Å². The molecule has 0 saturated heterocycles. The normalized spacial score (nSPS) is 13.7. The number of carboxylic acids is 1. The second kappa shape index (κ2) is 6.06. The van der Waals surface area contributed by atoms with Gasteiger partial charge in [-0.1, -0.05) is 13.0 Å². The van der Waals surface area contributed by atoms with E-state index in [4.69, 9.17) is 5.11 Å². The minimum absolute atomic E-state index is 0.113. The maximum absolute atomic E-state index is 11.1. The molecule has 0 aromatic rings. The van der Waals surface area contributed by atoms with E-state index >= 15 is 0 Å². The first-order valence-electron chi connectivity index (χ1n) is 4.82. The summed E-state index contributed by atoms with van der Waals surface area (Å²) in [6.45, 7) is 7.30. The van der Waals surface area contributed by atoms with Crippen LogP contribution in [0.2, 0.25) is 0 Å². The molecule has 1 atom stereocenters. The molecule has 0 bridgehead atoms. The molecule has 3 N–H and O–H groups in total. The molecular weight excluding hydrogens is 196 g/mol. The molecule has 0 aromatic carbocycles. The number of carbonyl (C=O) groups is 2. The van der Waals surface area contributed by atoms with Crippen molar-refractivity contribution < 1.29 is 14.7 Å². The molecule has 0 spiro atoms. The van der Waals surface area contributed by atoms with E-state index in [-0.39, 0.29) is 12.6 Å². The molecule has 0 aliphatic carbocycles. The number of rotatable bonds is 6. The van der Waals surface area contributed by atoms with E-state index in [0.29, 0.717) is 13.0 Å². The summed E-state index contributed by atoms with van der Waals surface area (Å²) in [7, 11) is 0. The highest BCUT2D eigenvalue weighted by atomic mass is 16.4. The summed E-state index contributed by atoms with van der Waals surface area (Å²) >= 11 is 0. The van der Waals surface area contributed by atoms with Gasteiger partial charge in [0.25, 0.3) is 0 Å². The molecule has 0 saturated carbocycles. The minimum Gasteiger partial charge on any atom is -0.481 e. The van der Waals surface area contributed by atoms with Crippen LogP contribution in [0.5, 0.6) is 0 Å². The van der Waals surface area contributed by atoms with Gasteiger partial charge in [-0.05, 0) is 13.3 Å². The minimum atomic E-state index is -0.911. The SMILES string of the molecule is C=CCNC(=O)NCC(C)(CC)C(=O)O. The van der Waals surface area contributed by atoms with Gasteiger partial charge < -0.3 is 15.7 Å². The Morgan fingerprint density at radius 2 is 2.07 bits per heavy atom. The number of hydrogen-bond acceptors (Lipinski definition) is 2. The lowest BCUT2D eigenvalue weighted by molar-refractivity contribution is -0.147. The number of carboxylic acid groups (broad SMARTS) is 1. The van der Waals surface area contributed by atoms with E-state index < -0.39 is 11.4 Å². The highest BCUT2D eigenvalue weighted by Crippen LogP contribution is 2.19. The van der Waals surface area contributed by atoms with Crippen molar-refractivity contribution >= 4 is 12.0 Å². The number of nitrogens with one attached hydrogen (secondary N) is 2. The van der Waals surface area contributed by atoms with Crippen molar-refractivity contribution in [1.82, 2.24) is 10.6 Å². The fourth-order valence-corrected chi connectivity index (χ4v) is 0.855. The largest absolute Gasteiger partial charge is 0.481 e. The molecule has 2 amide bonds. The molecule has 15 heavy (non-hydrogen) atoms. The second-order valence-electron chi connectivity index (χ2n) is 3.57. The zero-order chi connectivity index (χ0) is 11.9. The Morgan fingerprint density at radius 1 is 1.47 bits per heavy atom. The van der Waals surface area contributed by atoms with E-state index in [0.717, 1.165) is 0 Å². The zero-order valence-electron chi connectivity index (χ0n) is 9.17. The number of amides is 2. The van der Waals surface area contributed by atoms with E-state index in [1.54, 1.807) is 19.9 Å². The standard InChI is InChI=1S/C10H18N2O3/c1-4-6-11-9(15)12-7-10(3,5-2)8(13)14/h4H,1,5-7H2,2-3H3,(H,13,14)(H2,11,12,15). The van der Waals surface area contributed by atoms with E-state index in [1.165, 1.54) is 0 Å². The quantitative estimate of drug-likeness (QED) is 0.576. The van der Waals surface area contributed by atoms with Gasteiger partial charge in [0.05, 0.1) is 5.41 Å². The molecule has 0 aromatic heterocycles. The average molecular weight is 214 g/mol. The van der Waals surface area contributed by atoms with Gasteiger partial charge >= 0.3 is 12.0 Å². The van der Waals surface area contributed by atoms with Gasteiger partial charge in [0.15, 0.2) is 0 Å². The van der Waals surface area contributed by atoms with Crippen molar-refractivity contribution in [2.45, 2.75) is 20.3 Å². The Balaban J connectivity index is 4.06. The van der Waals surface area contributed by atoms with Crippen LogP contribution in [0.15, 0.2) is 12.7 Å². The third-order valence-electron chi connectivity index (χ3n) is 2.34. The van der Waals surface area contributed by atoms with Crippen LogP contribution in [0.4, 0.5) is 4.79 Å². The number of hydrogen-bond donors (Lipinski definition) is 3. The molecule has 1 unspecified atom stereocenters. The molecule has 5 heteroatoms. The summed E-state index contributed by atoms with van der Waals surface area (Å²) in [5.41, 5.74) is -0.911. The van der Waals surface area contributed by atoms with Crippen LogP contribution in [-0.2, 0) is 4.79 Å². The lowest BCUT2D eigenvalue weighted by atomic mass is 9.88. The van der Waals surface area contributed by atoms with Crippen molar-refractivity contribution in [3.63, 3.8) is 0 Å². The third kappa shape index (κ3) is 4.49. The molecule has 0 aliphatic heterocycles. The van der Waals surface area contributed by atoms with Crippen molar-refractivity contribution in [1.29, 1.82) is 0 Å². The van der Waals surface area contributed by atoms with Gasteiger partial charge in [-0.3, -0.25) is 4.79 Å². The maximum atomic E-state index is 11.1. The van der Waals surface area contributed by atoms with Gasteiger partial charge in [-0.25, -0.2) is 4.79 Å². The van der Waals surface area contributed by atoms with Crippen LogP contribution in [0.3, 0.4) is 0 Å². The summed E-state index contributed by atoms with van der Waals surface area (Å²) in [6, 6.07) is -0.379. The molecule has 86 valence electrons. The number of aliphatic carboxylic acids is 1. The van der Waals surface area contributed by atoms with Gasteiger partial charge in [-0.2, -0.15) is 0 Å². The number of carbonyl (C=O) groups excluding carboxylic acids is 1. The summed E-state index contributed by atoms with van der Waals surface area (Å²) in [6.07, 6.45) is 2.01. The van der Waals surface area contributed by atoms with Crippen molar-refractivity contribution in [2.24, 2.45) is 5.41 Å². The smallest absolute Gasteiger partial charge is 0.315 e. The van der Waals surface area contributed by atoms with E-state index in [9.17, 15) is 9.59 Å². The zero-order valence-corrected chi connectivity index (χ0v) is 9.17. The predicted molar refractivity (Wildman–Crippen MR) is 57.6 cm³/mol. The Morgan fingerprint density at radius 3 is 2.47 bits per heavy atom. The molecule has 0 rings (SSSR count). The molecule has 5 nitrogen and oxygen atoms in total. The summed E-state index contributed by atoms with van der Waals surface area (Å²) < 4.78 is 0. The number of urea groups is 1. The van der Waals surface area contributed by atoms with Crippen LogP contribution in [0, 0.1) is 5.41 Å².